The van der Waals surface area contributed by atoms with Crippen LogP contribution < -0.4 is 15.1 Å². The van der Waals surface area contributed by atoms with Crippen molar-refractivity contribution in [3.05, 3.63) is 53.6 Å². The molecule has 226 valence electrons. The molecule has 15 heteroatoms. The number of hydrogen-bond donors (Lipinski definition) is 4. The Morgan fingerprint density at radius 1 is 1.19 bits per heavy atom. The van der Waals surface area contributed by atoms with Crippen molar-refractivity contribution in [2.45, 2.75) is 56.5 Å². The molecule has 0 saturated carbocycles. The largest absolute Gasteiger partial charge is 0.480 e. The normalized spacial score (nSPS) is 22.0. The molecule has 2 aromatic rings. The number of aliphatic carboxylic acids is 1. The lowest BCUT2D eigenvalue weighted by molar-refractivity contribution is -0.138. The highest BCUT2D eigenvalue weighted by Crippen LogP contribution is 2.42. The Morgan fingerprint density at radius 3 is 2.43 bits per heavy atom. The number of carbonyl (C=O) groups excluding carboxylic acids is 2. The third kappa shape index (κ3) is 5.32. The van der Waals surface area contributed by atoms with Crippen LogP contribution >= 0.6 is 0 Å². The van der Waals surface area contributed by atoms with Gasteiger partial charge in [-0.2, -0.15) is 13.9 Å². The lowest BCUT2D eigenvalue weighted by Gasteiger charge is -2.40. The molecule has 0 amide bonds. The average Bonchev–Trinajstić information content (AvgIpc) is 2.91. The third-order valence-corrected chi connectivity index (χ3v) is 9.96. The molecular weight excluding hydrogens is 588 g/mol. The number of nitrogens with one attached hydrogen (secondary N) is 2. The molecule has 0 bridgehead atoms. The number of rotatable bonds is 10. The van der Waals surface area contributed by atoms with Crippen molar-refractivity contribution in [2.24, 2.45) is 16.2 Å². The summed E-state index contributed by atoms with van der Waals surface area (Å²) in [6.07, 6.45) is 1.31. The zero-order chi connectivity index (χ0) is 31.2. The number of nitrogens with zero attached hydrogens (tertiary/aromatic N) is 2. The zero-order valence-electron chi connectivity index (χ0n) is 23.4. The van der Waals surface area contributed by atoms with Crippen LogP contribution in [0.15, 0.2) is 51.8 Å². The van der Waals surface area contributed by atoms with Gasteiger partial charge in [-0.25, -0.2) is 13.2 Å². The first kappa shape index (κ1) is 31.3. The second kappa shape index (κ2) is 11.2. The summed E-state index contributed by atoms with van der Waals surface area (Å²) in [4.78, 5) is 39.0. The summed E-state index contributed by atoms with van der Waals surface area (Å²) in [7, 11) is -8.77. The van der Waals surface area contributed by atoms with Crippen LogP contribution in [0.4, 0.5) is 11.4 Å². The molecule has 4 rings (SSSR count). The molecule has 0 fully saturated rings. The average molecular weight is 621 g/mol. The highest BCUT2D eigenvalue weighted by molar-refractivity contribution is 7.92. The summed E-state index contributed by atoms with van der Waals surface area (Å²) < 4.78 is 56.3. The predicted octanol–water partition coefficient (Wildman–Crippen LogP) is 2.52. The lowest BCUT2D eigenvalue weighted by Crippen LogP contribution is -2.58. The Bertz CT molecular complexity index is 1700. The third-order valence-electron chi connectivity index (χ3n) is 7.45. The van der Waals surface area contributed by atoms with Crippen LogP contribution in [0.5, 0.6) is 0 Å². The number of ketones is 2. The number of Topliss-reactive ketones (excluding diaryl/α,β-unsaturated/α-hetero) is 2. The van der Waals surface area contributed by atoms with Crippen molar-refractivity contribution in [1.82, 2.24) is 5.48 Å². The molecule has 3 unspecified atom stereocenters. The Kier molecular flexibility index (Phi) is 8.34. The summed E-state index contributed by atoms with van der Waals surface area (Å²) in [5, 5.41) is 22.7. The van der Waals surface area contributed by atoms with E-state index in [-0.39, 0.29) is 41.3 Å². The Labute approximate surface area is 243 Å². The van der Waals surface area contributed by atoms with E-state index in [0.29, 0.717) is 10.7 Å². The van der Waals surface area contributed by atoms with Crippen molar-refractivity contribution < 1.29 is 41.5 Å². The molecule has 1 aliphatic carbocycles. The van der Waals surface area contributed by atoms with Gasteiger partial charge in [0.15, 0.2) is 11.6 Å². The second-order valence-corrected chi connectivity index (χ2v) is 14.2. The first-order chi connectivity index (χ1) is 19.6. The molecule has 0 aromatic heterocycles. The number of sulfonamides is 2. The van der Waals surface area contributed by atoms with Crippen LogP contribution in [-0.4, -0.2) is 62.8 Å². The van der Waals surface area contributed by atoms with Crippen LogP contribution in [0.25, 0.3) is 0 Å². The minimum absolute atomic E-state index is 0.0928. The standard InChI is InChI=1S/C27H32N4O9S2/c1-5-20(26(34)35)31(41(4,37)38)16-10-11-19-21(14-16)42(39,40)29-25(28-19)22-23(32)17-8-6-7-9-18(17)27(30-36,24(22)33)13-12-15(2)3/h6-11,14-15,20,22,30,36H,5,12-13H2,1-4H3,(H,28,29)(H,34,35). The van der Waals surface area contributed by atoms with Gasteiger partial charge in [0.05, 0.1) is 17.6 Å². The fraction of sp³-hybridized carbons (Fsp3) is 0.407. The molecule has 42 heavy (non-hydrogen) atoms. The Morgan fingerprint density at radius 2 is 1.86 bits per heavy atom. The van der Waals surface area contributed by atoms with Gasteiger partial charge < -0.3 is 15.6 Å². The van der Waals surface area contributed by atoms with Crippen LogP contribution in [0, 0.1) is 11.8 Å². The summed E-state index contributed by atoms with van der Waals surface area (Å²) in [6, 6.07) is 8.18. The van der Waals surface area contributed by atoms with E-state index in [1.54, 1.807) is 18.2 Å². The van der Waals surface area contributed by atoms with Crippen LogP contribution in [0.3, 0.4) is 0 Å². The summed E-state index contributed by atoms with van der Waals surface area (Å²) >= 11 is 0. The van der Waals surface area contributed by atoms with E-state index >= 15 is 0 Å². The van der Waals surface area contributed by atoms with Gasteiger partial charge in [-0.15, -0.1) is 4.40 Å². The van der Waals surface area contributed by atoms with E-state index in [1.165, 1.54) is 25.1 Å². The number of carbonyl (C=O) groups is 3. The van der Waals surface area contributed by atoms with E-state index < -0.39 is 65.8 Å². The molecule has 13 nitrogen and oxygen atoms in total. The van der Waals surface area contributed by atoms with E-state index in [4.69, 9.17) is 0 Å². The van der Waals surface area contributed by atoms with Crippen molar-refractivity contribution in [1.29, 1.82) is 0 Å². The number of carboxylic acid groups (broad SMARTS) is 1. The Balaban J connectivity index is 1.83. The lowest BCUT2D eigenvalue weighted by atomic mass is 9.67. The SMILES string of the molecule is CCC(C(=O)O)N(c1ccc2c(c1)S(=O)(=O)N=C(C1C(=O)c3ccccc3C(CCC(C)C)(NO)C1=O)N2)S(C)(=O)=O. The van der Waals surface area contributed by atoms with Crippen LogP contribution in [0.1, 0.15) is 56.0 Å². The van der Waals surface area contributed by atoms with E-state index in [9.17, 15) is 41.5 Å². The molecule has 1 heterocycles. The molecule has 3 atom stereocenters. The predicted molar refractivity (Wildman–Crippen MR) is 154 cm³/mol. The maximum absolute atomic E-state index is 14.0. The smallest absolute Gasteiger partial charge is 0.327 e. The van der Waals surface area contributed by atoms with Gasteiger partial charge in [0.25, 0.3) is 10.0 Å². The van der Waals surface area contributed by atoms with E-state index in [0.717, 1.165) is 12.3 Å². The van der Waals surface area contributed by atoms with Gasteiger partial charge >= 0.3 is 5.97 Å². The zero-order valence-corrected chi connectivity index (χ0v) is 25.0. The van der Waals surface area contributed by atoms with Crippen molar-refractivity contribution in [3.8, 4) is 0 Å². The number of anilines is 2. The minimum Gasteiger partial charge on any atom is -0.480 e. The number of hydrogen-bond acceptors (Lipinski definition) is 10. The quantitative estimate of drug-likeness (QED) is 0.225. The fourth-order valence-corrected chi connectivity index (χ4v) is 7.75. The number of benzene rings is 2. The Hall–Kier alpha value is -3.66. The molecule has 2 aromatic carbocycles. The number of carboxylic acids is 1. The minimum atomic E-state index is -4.62. The van der Waals surface area contributed by atoms with Gasteiger partial charge in [-0.3, -0.25) is 13.9 Å². The van der Waals surface area contributed by atoms with Crippen molar-refractivity contribution in [2.75, 3.05) is 15.9 Å². The molecule has 0 saturated heterocycles. The first-order valence-corrected chi connectivity index (χ1v) is 16.4. The van der Waals surface area contributed by atoms with Crippen LogP contribution in [-0.2, 0) is 35.2 Å². The first-order valence-electron chi connectivity index (χ1n) is 13.2. The van der Waals surface area contributed by atoms with Gasteiger partial charge in [0, 0.05) is 5.56 Å². The van der Waals surface area contributed by atoms with Crippen molar-refractivity contribution >= 4 is 54.8 Å². The molecule has 0 spiro atoms. The highest BCUT2D eigenvalue weighted by atomic mass is 32.2. The second-order valence-electron chi connectivity index (χ2n) is 10.7. The van der Waals surface area contributed by atoms with E-state index in [2.05, 4.69) is 15.2 Å². The fourth-order valence-electron chi connectivity index (χ4n) is 5.38. The monoisotopic (exact) mass is 620 g/mol. The van der Waals surface area contributed by atoms with Gasteiger partial charge in [0.1, 0.15) is 28.2 Å². The summed E-state index contributed by atoms with van der Waals surface area (Å²) in [6.45, 7) is 5.34. The number of fused-ring (bicyclic) bond motifs is 2. The molecule has 4 N–H and O–H groups in total. The van der Waals surface area contributed by atoms with E-state index in [1.807, 2.05) is 13.8 Å². The number of amidine groups is 1. The molecular formula is C27H32N4O9S2. The molecule has 0 radical (unpaired) electrons. The topological polar surface area (TPSA) is 200 Å². The maximum atomic E-state index is 14.0. The van der Waals surface area contributed by atoms with Crippen LogP contribution in [0.2, 0.25) is 0 Å². The van der Waals surface area contributed by atoms with Gasteiger partial charge in [-0.1, -0.05) is 45.0 Å². The maximum Gasteiger partial charge on any atom is 0.327 e. The summed E-state index contributed by atoms with van der Waals surface area (Å²) in [5.74, 6) is -4.96. The molecule has 2 aliphatic rings. The number of hydroxylamine groups is 1. The molecule has 1 aliphatic heterocycles. The van der Waals surface area contributed by atoms with Crippen molar-refractivity contribution in [3.63, 3.8) is 0 Å². The summed E-state index contributed by atoms with van der Waals surface area (Å²) in [5.41, 5.74) is 0.500. The highest BCUT2D eigenvalue weighted by Gasteiger charge is 2.54. The van der Waals surface area contributed by atoms with Gasteiger partial charge in [-0.05, 0) is 48.9 Å². The van der Waals surface area contributed by atoms with Gasteiger partial charge in [0.2, 0.25) is 10.0 Å².